The number of nitrogens with zero attached hydrogens (tertiary/aromatic N) is 2. The molecule has 0 aliphatic rings. The van der Waals surface area contributed by atoms with E-state index in [9.17, 15) is 9.18 Å². The maximum Gasteiger partial charge on any atom is 0.263 e. The number of rotatable bonds is 4. The second-order valence-electron chi connectivity index (χ2n) is 3.76. The van der Waals surface area contributed by atoms with Crippen molar-refractivity contribution < 1.29 is 9.18 Å². The number of aromatic nitrogens is 1. The molecule has 0 unspecified atom stereocenters. The Balaban J connectivity index is 2.03. The van der Waals surface area contributed by atoms with Gasteiger partial charge in [-0.1, -0.05) is 12.1 Å². The Morgan fingerprint density at radius 3 is 2.84 bits per heavy atom. The molecule has 1 heterocycles. The Morgan fingerprint density at radius 2 is 2.16 bits per heavy atom. The highest BCUT2D eigenvalue weighted by Crippen LogP contribution is 2.17. The zero-order valence-corrected chi connectivity index (χ0v) is 10.7. The van der Waals surface area contributed by atoms with E-state index in [0.717, 1.165) is 10.6 Å². The van der Waals surface area contributed by atoms with E-state index in [-0.39, 0.29) is 18.3 Å². The van der Waals surface area contributed by atoms with Crippen LogP contribution in [-0.4, -0.2) is 17.4 Å². The van der Waals surface area contributed by atoms with Crippen molar-refractivity contribution >= 4 is 17.2 Å². The van der Waals surface area contributed by atoms with Crippen molar-refractivity contribution in [1.29, 1.82) is 5.26 Å². The van der Waals surface area contributed by atoms with Crippen LogP contribution >= 0.6 is 11.3 Å². The van der Waals surface area contributed by atoms with Gasteiger partial charge < -0.3 is 5.32 Å². The first-order chi connectivity index (χ1) is 9.19. The number of thiazole rings is 1. The van der Waals surface area contributed by atoms with Crippen molar-refractivity contribution in [2.45, 2.75) is 6.42 Å². The summed E-state index contributed by atoms with van der Waals surface area (Å²) in [5.74, 6) is -0.580. The summed E-state index contributed by atoms with van der Waals surface area (Å²) < 4.78 is 12.8. The first-order valence-electron chi connectivity index (χ1n) is 5.53. The summed E-state index contributed by atoms with van der Waals surface area (Å²) in [7, 11) is 0. The van der Waals surface area contributed by atoms with E-state index >= 15 is 0 Å². The second kappa shape index (κ2) is 6.07. The van der Waals surface area contributed by atoms with Gasteiger partial charge in [-0.15, -0.1) is 11.3 Å². The summed E-state index contributed by atoms with van der Waals surface area (Å²) in [6, 6.07) is 8.00. The molecule has 0 saturated heterocycles. The number of amides is 1. The molecule has 0 fully saturated rings. The van der Waals surface area contributed by atoms with Crippen LogP contribution in [-0.2, 0) is 6.42 Å². The van der Waals surface area contributed by atoms with Gasteiger partial charge in [0, 0.05) is 6.42 Å². The molecule has 0 radical (unpaired) electrons. The maximum atomic E-state index is 12.8. The van der Waals surface area contributed by atoms with Crippen LogP contribution < -0.4 is 5.32 Å². The van der Waals surface area contributed by atoms with Crippen LogP contribution in [0.25, 0.3) is 0 Å². The largest absolute Gasteiger partial charge is 0.338 e. The normalized spacial score (nSPS) is 9.89. The number of carbonyl (C=O) groups excluding carboxylic acids is 1. The highest BCUT2D eigenvalue weighted by atomic mass is 32.1. The molecule has 2 rings (SSSR count). The molecule has 2 aromatic rings. The fourth-order valence-electron chi connectivity index (χ4n) is 1.48. The molecule has 1 aromatic carbocycles. The van der Waals surface area contributed by atoms with Crippen LogP contribution in [0.2, 0.25) is 0 Å². The molecule has 0 spiro atoms. The van der Waals surface area contributed by atoms with Gasteiger partial charge in [0.15, 0.2) is 0 Å². The molecule has 1 N–H and O–H groups in total. The molecule has 1 amide bonds. The lowest BCUT2D eigenvalue weighted by Gasteiger charge is -1.97. The highest BCUT2D eigenvalue weighted by molar-refractivity contribution is 7.13. The minimum Gasteiger partial charge on any atom is -0.338 e. The van der Waals surface area contributed by atoms with Crippen LogP contribution in [0.1, 0.15) is 20.2 Å². The van der Waals surface area contributed by atoms with E-state index < -0.39 is 0 Å². The molecule has 0 saturated carbocycles. The minimum atomic E-state index is -0.301. The van der Waals surface area contributed by atoms with Gasteiger partial charge in [0.1, 0.15) is 17.2 Å². The van der Waals surface area contributed by atoms with Crippen molar-refractivity contribution in [2.75, 3.05) is 6.54 Å². The molecular weight excluding hydrogens is 265 g/mol. The second-order valence-corrected chi connectivity index (χ2v) is 4.88. The third kappa shape index (κ3) is 3.60. The van der Waals surface area contributed by atoms with E-state index in [1.807, 2.05) is 6.07 Å². The third-order valence-electron chi connectivity index (χ3n) is 2.37. The number of halogens is 1. The molecule has 96 valence electrons. The highest BCUT2D eigenvalue weighted by Gasteiger charge is 2.10. The van der Waals surface area contributed by atoms with E-state index in [2.05, 4.69) is 10.3 Å². The average Bonchev–Trinajstić information content (AvgIpc) is 2.87. The van der Waals surface area contributed by atoms with Crippen molar-refractivity contribution in [1.82, 2.24) is 10.3 Å². The Bertz CT molecular complexity index is 616. The maximum absolute atomic E-state index is 12.8. The summed E-state index contributed by atoms with van der Waals surface area (Å²) in [4.78, 5) is 16.2. The predicted molar refractivity (Wildman–Crippen MR) is 69.3 cm³/mol. The van der Waals surface area contributed by atoms with Gasteiger partial charge in [0.2, 0.25) is 0 Å². The number of nitrogens with one attached hydrogen (secondary N) is 1. The van der Waals surface area contributed by atoms with Gasteiger partial charge in [-0.2, -0.15) is 5.26 Å². The van der Waals surface area contributed by atoms with Crippen LogP contribution in [0, 0.1) is 17.1 Å². The lowest BCUT2D eigenvalue weighted by Crippen LogP contribution is -2.22. The fourth-order valence-corrected chi connectivity index (χ4v) is 2.35. The lowest BCUT2D eigenvalue weighted by molar-refractivity contribution is 0.0962. The molecule has 0 aliphatic heterocycles. The number of hydrogen-bond acceptors (Lipinski definition) is 4. The van der Waals surface area contributed by atoms with E-state index in [0.29, 0.717) is 11.3 Å². The monoisotopic (exact) mass is 275 g/mol. The zero-order valence-electron chi connectivity index (χ0n) is 9.89. The van der Waals surface area contributed by atoms with E-state index in [1.165, 1.54) is 29.7 Å². The molecule has 4 nitrogen and oxygen atoms in total. The minimum absolute atomic E-state index is 0.0238. The summed E-state index contributed by atoms with van der Waals surface area (Å²) in [5, 5.41) is 11.6. The number of hydrogen-bond donors (Lipinski definition) is 1. The van der Waals surface area contributed by atoms with Crippen molar-refractivity contribution in [3.8, 4) is 6.07 Å². The van der Waals surface area contributed by atoms with Crippen molar-refractivity contribution in [3.63, 3.8) is 0 Å². The van der Waals surface area contributed by atoms with E-state index in [4.69, 9.17) is 5.26 Å². The molecular formula is C13H10FN3OS. The van der Waals surface area contributed by atoms with Gasteiger partial charge in [-0.05, 0) is 17.7 Å². The molecule has 0 atom stereocenters. The van der Waals surface area contributed by atoms with Crippen molar-refractivity contribution in [3.05, 3.63) is 51.7 Å². The summed E-state index contributed by atoms with van der Waals surface area (Å²) in [6.07, 6.45) is 2.03. The topological polar surface area (TPSA) is 65.8 Å². The first kappa shape index (κ1) is 13.2. The Kier molecular flexibility index (Phi) is 4.21. The fraction of sp³-hybridized carbons (Fsp3) is 0.154. The van der Waals surface area contributed by atoms with Crippen molar-refractivity contribution in [2.24, 2.45) is 0 Å². The Morgan fingerprint density at radius 1 is 1.42 bits per heavy atom. The van der Waals surface area contributed by atoms with Crippen LogP contribution in [0.5, 0.6) is 0 Å². The molecule has 1 aromatic heterocycles. The summed E-state index contributed by atoms with van der Waals surface area (Å²) >= 11 is 1.26. The summed E-state index contributed by atoms with van der Waals surface area (Å²) in [6.45, 7) is -0.0238. The van der Waals surface area contributed by atoms with Gasteiger partial charge in [-0.25, -0.2) is 9.37 Å². The van der Waals surface area contributed by atoms with Crippen LogP contribution in [0.15, 0.2) is 30.5 Å². The molecule has 0 aliphatic carbocycles. The number of benzene rings is 1. The molecule has 0 bridgehead atoms. The van der Waals surface area contributed by atoms with Crippen LogP contribution in [0.3, 0.4) is 0 Å². The average molecular weight is 275 g/mol. The number of nitriles is 1. The lowest BCUT2D eigenvalue weighted by atomic mass is 10.2. The van der Waals surface area contributed by atoms with Gasteiger partial charge >= 0.3 is 0 Å². The van der Waals surface area contributed by atoms with Gasteiger partial charge in [0.05, 0.1) is 17.3 Å². The zero-order chi connectivity index (χ0) is 13.7. The van der Waals surface area contributed by atoms with Crippen LogP contribution in [0.4, 0.5) is 4.39 Å². The third-order valence-corrected chi connectivity index (χ3v) is 3.37. The molecule has 19 heavy (non-hydrogen) atoms. The smallest absolute Gasteiger partial charge is 0.263 e. The standard InChI is InChI=1S/C13H10FN3OS/c14-10-3-1-9(2-4-10)7-12-17-8-11(19-12)13(18)16-6-5-15/h1-4,8H,6-7H2,(H,16,18). The Hall–Kier alpha value is -2.26. The quantitative estimate of drug-likeness (QED) is 0.869. The number of carbonyl (C=O) groups is 1. The summed E-state index contributed by atoms with van der Waals surface area (Å²) in [5.41, 5.74) is 0.930. The van der Waals surface area contributed by atoms with Gasteiger partial charge in [-0.3, -0.25) is 4.79 Å². The first-order valence-corrected chi connectivity index (χ1v) is 6.35. The molecule has 6 heteroatoms. The predicted octanol–water partition coefficient (Wildman–Crippen LogP) is 2.13. The van der Waals surface area contributed by atoms with E-state index in [1.54, 1.807) is 12.1 Å². The SMILES string of the molecule is N#CCNC(=O)c1cnc(Cc2ccc(F)cc2)s1. The van der Waals surface area contributed by atoms with Gasteiger partial charge in [0.25, 0.3) is 5.91 Å². The Labute approximate surface area is 113 Å².